The largest absolute Gasteiger partial charge is 0.293 e. The first-order chi connectivity index (χ1) is 9.40. The Morgan fingerprint density at radius 1 is 1.05 bits per heavy atom. The summed E-state index contributed by atoms with van der Waals surface area (Å²) in [5.74, 6) is -0.948. The van der Waals surface area contributed by atoms with Crippen LogP contribution in [0.15, 0.2) is 57.9 Å². The number of halogens is 1. The van der Waals surface area contributed by atoms with Crippen molar-refractivity contribution in [3.63, 3.8) is 0 Å². The third kappa shape index (κ3) is 3.35. The quantitative estimate of drug-likeness (QED) is 0.792. The minimum atomic E-state index is -3.61. The monoisotopic (exact) mass is 352 g/mol. The van der Waals surface area contributed by atoms with Crippen molar-refractivity contribution in [3.05, 3.63) is 64.1 Å². The van der Waals surface area contributed by atoms with Crippen LogP contribution in [0, 0.1) is 6.92 Å². The van der Waals surface area contributed by atoms with Gasteiger partial charge in [-0.05, 0) is 25.1 Å². The van der Waals surface area contributed by atoms with Crippen molar-refractivity contribution in [2.45, 2.75) is 11.8 Å². The lowest BCUT2D eigenvalue weighted by molar-refractivity contribution is 0.102. The highest BCUT2D eigenvalue weighted by atomic mass is 79.9. The Balaban J connectivity index is 2.27. The van der Waals surface area contributed by atoms with Crippen LogP contribution >= 0.6 is 15.9 Å². The molecule has 2 rings (SSSR count). The highest BCUT2D eigenvalue weighted by molar-refractivity contribution is 9.10. The average molecular weight is 353 g/mol. The summed E-state index contributed by atoms with van der Waals surface area (Å²) in [6.07, 6.45) is 0. The number of hydrogen-bond acceptors (Lipinski definition) is 3. The Kier molecular flexibility index (Phi) is 4.40. The summed E-state index contributed by atoms with van der Waals surface area (Å²) in [7, 11) is -3.61. The molecule has 2 aromatic rings. The third-order valence-electron chi connectivity index (χ3n) is 2.88. The molecule has 0 aliphatic heterocycles. The minimum absolute atomic E-state index is 0.170. The number of benzene rings is 2. The molecular weight excluding hydrogens is 340 g/mol. The van der Waals surface area contributed by atoms with E-state index in [-0.39, 0.29) is 4.90 Å². The van der Waals surface area contributed by atoms with E-state index in [1.54, 1.807) is 36.4 Å². The van der Waals surface area contributed by atoms with E-state index in [1.807, 2.05) is 6.92 Å². The van der Waals surface area contributed by atoms with Crippen molar-refractivity contribution in [3.8, 4) is 0 Å². The van der Waals surface area contributed by atoms with E-state index in [2.05, 4.69) is 15.9 Å². The van der Waals surface area contributed by atoms with Gasteiger partial charge in [-0.25, -0.2) is 8.42 Å². The second-order valence-electron chi connectivity index (χ2n) is 4.48. The van der Waals surface area contributed by atoms with Gasteiger partial charge in [-0.3, -0.25) is 4.79 Å². The molecule has 0 amide bonds. The fraction of sp³-hybridized carbons (Fsp3) is 0.133. The number of carbonyl (C=O) groups is 1. The molecule has 3 nitrogen and oxygen atoms in total. The van der Waals surface area contributed by atoms with Crippen LogP contribution in [-0.4, -0.2) is 20.0 Å². The Hall–Kier alpha value is -1.46. The predicted octanol–water partition coefficient (Wildman–Crippen LogP) is 3.41. The number of hydrogen-bond donors (Lipinski definition) is 0. The first-order valence-corrected chi connectivity index (χ1v) is 8.42. The molecule has 0 aliphatic rings. The molecule has 0 radical (unpaired) electrons. The maximum absolute atomic E-state index is 12.2. The van der Waals surface area contributed by atoms with Crippen LogP contribution in [0.4, 0.5) is 0 Å². The molecule has 20 heavy (non-hydrogen) atoms. The van der Waals surface area contributed by atoms with Gasteiger partial charge in [0, 0.05) is 10.0 Å². The predicted molar refractivity (Wildman–Crippen MR) is 81.7 cm³/mol. The van der Waals surface area contributed by atoms with Gasteiger partial charge in [0.2, 0.25) is 0 Å². The molecule has 0 spiro atoms. The molecule has 2 aromatic carbocycles. The molecular formula is C15H13BrO3S. The molecule has 0 unspecified atom stereocenters. The summed E-state index contributed by atoms with van der Waals surface area (Å²) >= 11 is 3.25. The maximum Gasteiger partial charge on any atom is 0.185 e. The van der Waals surface area contributed by atoms with Gasteiger partial charge in [0.05, 0.1) is 4.90 Å². The van der Waals surface area contributed by atoms with Gasteiger partial charge in [-0.2, -0.15) is 0 Å². The lowest BCUT2D eigenvalue weighted by atomic mass is 10.1. The molecule has 0 N–H and O–H groups in total. The van der Waals surface area contributed by atoms with Gasteiger partial charge in [0.25, 0.3) is 0 Å². The molecule has 0 heterocycles. The zero-order valence-corrected chi connectivity index (χ0v) is 13.2. The van der Waals surface area contributed by atoms with E-state index in [1.165, 1.54) is 12.1 Å². The molecule has 0 saturated heterocycles. The Morgan fingerprint density at radius 3 is 2.25 bits per heavy atom. The second-order valence-corrected chi connectivity index (χ2v) is 7.32. The lowest BCUT2D eigenvalue weighted by Crippen LogP contribution is -2.16. The number of sulfone groups is 1. The highest BCUT2D eigenvalue weighted by Crippen LogP contribution is 2.19. The maximum atomic E-state index is 12.2. The van der Waals surface area contributed by atoms with Crippen LogP contribution in [-0.2, 0) is 9.84 Å². The van der Waals surface area contributed by atoms with Crippen LogP contribution in [0.3, 0.4) is 0 Å². The lowest BCUT2D eigenvalue weighted by Gasteiger charge is -2.06. The minimum Gasteiger partial charge on any atom is -0.293 e. The zero-order valence-electron chi connectivity index (χ0n) is 10.8. The van der Waals surface area contributed by atoms with Gasteiger partial charge in [0.1, 0.15) is 5.75 Å². The smallest absolute Gasteiger partial charge is 0.185 e. The van der Waals surface area contributed by atoms with Crippen LogP contribution in [0.2, 0.25) is 0 Å². The topological polar surface area (TPSA) is 51.2 Å². The van der Waals surface area contributed by atoms with E-state index < -0.39 is 21.4 Å². The molecule has 0 bridgehead atoms. The Bertz CT molecular complexity index is 734. The first kappa shape index (κ1) is 14.9. The average Bonchev–Trinajstić information content (AvgIpc) is 2.39. The summed E-state index contributed by atoms with van der Waals surface area (Å²) < 4.78 is 25.0. The molecule has 0 aromatic heterocycles. The highest BCUT2D eigenvalue weighted by Gasteiger charge is 2.21. The van der Waals surface area contributed by atoms with Crippen molar-refractivity contribution in [2.75, 3.05) is 5.75 Å². The van der Waals surface area contributed by atoms with Crippen molar-refractivity contribution in [2.24, 2.45) is 0 Å². The van der Waals surface area contributed by atoms with E-state index in [0.29, 0.717) is 10.0 Å². The summed E-state index contributed by atoms with van der Waals surface area (Å²) in [4.78, 5) is 12.3. The van der Waals surface area contributed by atoms with Crippen molar-refractivity contribution >= 4 is 31.6 Å². The number of carbonyl (C=O) groups excluding carboxylic acids is 1. The van der Waals surface area contributed by atoms with Gasteiger partial charge >= 0.3 is 0 Å². The van der Waals surface area contributed by atoms with Crippen molar-refractivity contribution in [1.29, 1.82) is 0 Å². The fourth-order valence-corrected chi connectivity index (χ4v) is 3.49. The summed E-state index contributed by atoms with van der Waals surface area (Å²) in [5, 5.41) is 0. The van der Waals surface area contributed by atoms with Crippen LogP contribution < -0.4 is 0 Å². The Morgan fingerprint density at radius 2 is 1.65 bits per heavy atom. The number of ketones is 1. The van der Waals surface area contributed by atoms with E-state index in [0.717, 1.165) is 5.56 Å². The van der Waals surface area contributed by atoms with Gasteiger partial charge < -0.3 is 0 Å². The van der Waals surface area contributed by atoms with Crippen molar-refractivity contribution in [1.82, 2.24) is 0 Å². The standard InChI is InChI=1S/C15H13BrO3S/c1-11-6-8-12(9-7-11)20(18,19)10-15(17)13-4-2-3-5-14(13)16/h2-9H,10H2,1H3. The summed E-state index contributed by atoms with van der Waals surface area (Å²) in [6.45, 7) is 1.88. The van der Waals surface area contributed by atoms with Gasteiger partial charge in [-0.1, -0.05) is 51.8 Å². The number of rotatable bonds is 4. The Labute approximate surface area is 126 Å². The van der Waals surface area contributed by atoms with Crippen molar-refractivity contribution < 1.29 is 13.2 Å². The number of Topliss-reactive ketones (excluding diaryl/α,β-unsaturated/α-hetero) is 1. The van der Waals surface area contributed by atoms with Crippen LogP contribution in [0.25, 0.3) is 0 Å². The fourth-order valence-electron chi connectivity index (χ4n) is 1.77. The van der Waals surface area contributed by atoms with E-state index >= 15 is 0 Å². The van der Waals surface area contributed by atoms with Gasteiger partial charge in [-0.15, -0.1) is 0 Å². The summed E-state index contributed by atoms with van der Waals surface area (Å²) in [5.41, 5.74) is 1.35. The molecule has 0 atom stereocenters. The first-order valence-electron chi connectivity index (χ1n) is 5.97. The van der Waals surface area contributed by atoms with E-state index in [9.17, 15) is 13.2 Å². The number of aryl methyl sites for hydroxylation is 1. The van der Waals surface area contributed by atoms with Crippen LogP contribution in [0.1, 0.15) is 15.9 Å². The van der Waals surface area contributed by atoms with E-state index in [4.69, 9.17) is 0 Å². The van der Waals surface area contributed by atoms with Crippen LogP contribution in [0.5, 0.6) is 0 Å². The molecule has 0 aliphatic carbocycles. The molecule has 5 heteroatoms. The zero-order chi connectivity index (χ0) is 14.8. The molecule has 0 fully saturated rings. The second kappa shape index (κ2) is 5.89. The molecule has 0 saturated carbocycles. The third-order valence-corrected chi connectivity index (χ3v) is 5.20. The SMILES string of the molecule is Cc1ccc(S(=O)(=O)CC(=O)c2ccccc2Br)cc1. The normalized spacial score (nSPS) is 11.3. The van der Waals surface area contributed by atoms with Gasteiger partial charge in [0.15, 0.2) is 15.6 Å². The summed E-state index contributed by atoms with van der Waals surface area (Å²) in [6, 6.07) is 13.3. The molecule has 104 valence electrons.